The molecular formula is C13H26N2O3. The Morgan fingerprint density at radius 3 is 2.11 bits per heavy atom. The number of nitrogens with one attached hydrogen (secondary N) is 2. The molecule has 0 aromatic heterocycles. The third kappa shape index (κ3) is 5.71. The number of hydroxylamine groups is 1. The quantitative estimate of drug-likeness (QED) is 0.481. The number of Topliss-reactive ketones (excluding diaryl/α,β-unsaturated/α-hetero) is 2. The number of rotatable bonds is 9. The zero-order valence-corrected chi connectivity index (χ0v) is 12.3. The van der Waals surface area contributed by atoms with Crippen molar-refractivity contribution in [1.82, 2.24) is 10.8 Å². The number of hydrogen-bond acceptors (Lipinski definition) is 5. The van der Waals surface area contributed by atoms with E-state index in [1.165, 1.54) is 0 Å². The lowest BCUT2D eigenvalue weighted by Gasteiger charge is -2.25. The highest BCUT2D eigenvalue weighted by atomic mass is 16.6. The van der Waals surface area contributed by atoms with Gasteiger partial charge in [0.15, 0.2) is 5.78 Å². The zero-order chi connectivity index (χ0) is 14.4. The Hall–Kier alpha value is -0.780. The molecule has 0 fully saturated rings. The molecule has 0 amide bonds. The summed E-state index contributed by atoms with van der Waals surface area (Å²) in [5, 5.41) is 3.09. The molecule has 18 heavy (non-hydrogen) atoms. The van der Waals surface area contributed by atoms with Gasteiger partial charge < -0.3 is 5.32 Å². The maximum absolute atomic E-state index is 11.5. The molecule has 0 atom stereocenters. The molecule has 106 valence electrons. The van der Waals surface area contributed by atoms with Crippen LogP contribution in [-0.2, 0) is 14.4 Å². The number of hydrogen-bond donors (Lipinski definition) is 2. The molecule has 0 aliphatic carbocycles. The van der Waals surface area contributed by atoms with Crippen LogP contribution in [0.4, 0.5) is 0 Å². The van der Waals surface area contributed by atoms with Crippen LogP contribution in [0.25, 0.3) is 0 Å². The smallest absolute Gasteiger partial charge is 0.154 e. The molecular weight excluding hydrogens is 232 g/mol. The lowest BCUT2D eigenvalue weighted by molar-refractivity contribution is -0.130. The molecule has 0 saturated carbocycles. The molecule has 0 saturated heterocycles. The van der Waals surface area contributed by atoms with Crippen molar-refractivity contribution in [2.75, 3.05) is 13.2 Å². The van der Waals surface area contributed by atoms with Crippen molar-refractivity contribution in [3.8, 4) is 0 Å². The van der Waals surface area contributed by atoms with Crippen molar-refractivity contribution < 1.29 is 14.4 Å². The van der Waals surface area contributed by atoms with E-state index in [0.717, 1.165) is 0 Å². The zero-order valence-electron chi connectivity index (χ0n) is 12.3. The van der Waals surface area contributed by atoms with Gasteiger partial charge in [-0.3, -0.25) is 14.4 Å². The molecule has 0 aromatic carbocycles. The van der Waals surface area contributed by atoms with Crippen LogP contribution in [-0.4, -0.2) is 35.8 Å². The first-order valence-corrected chi connectivity index (χ1v) is 6.32. The molecule has 0 heterocycles. The summed E-state index contributed by atoms with van der Waals surface area (Å²) >= 11 is 0. The van der Waals surface area contributed by atoms with E-state index in [0.29, 0.717) is 19.6 Å². The van der Waals surface area contributed by atoms with Crippen LogP contribution in [0.5, 0.6) is 0 Å². The van der Waals surface area contributed by atoms with Crippen molar-refractivity contribution in [2.45, 2.75) is 59.0 Å². The van der Waals surface area contributed by atoms with Crippen LogP contribution < -0.4 is 10.8 Å². The van der Waals surface area contributed by atoms with Gasteiger partial charge in [0.05, 0.1) is 17.7 Å². The van der Waals surface area contributed by atoms with E-state index in [1.807, 2.05) is 20.8 Å². The lowest BCUT2D eigenvalue weighted by Crippen LogP contribution is -2.49. The van der Waals surface area contributed by atoms with Gasteiger partial charge in [0, 0.05) is 13.0 Å². The van der Waals surface area contributed by atoms with Crippen molar-refractivity contribution in [2.24, 2.45) is 0 Å². The highest BCUT2D eigenvalue weighted by Crippen LogP contribution is 2.06. The van der Waals surface area contributed by atoms with Crippen LogP contribution in [0.1, 0.15) is 48.0 Å². The SMILES string of the molecule is CCC(=O)C(C)(C)NOCCNC(C)(C)C(C)=O. The molecule has 5 nitrogen and oxygen atoms in total. The largest absolute Gasteiger partial charge is 0.303 e. The van der Waals surface area contributed by atoms with Crippen molar-refractivity contribution in [3.63, 3.8) is 0 Å². The second kappa shape index (κ2) is 6.97. The fraction of sp³-hybridized carbons (Fsp3) is 0.846. The minimum Gasteiger partial charge on any atom is -0.303 e. The predicted octanol–water partition coefficient (Wildman–Crippen LogP) is 1.22. The summed E-state index contributed by atoms with van der Waals surface area (Å²) in [5.41, 5.74) is 1.53. The van der Waals surface area contributed by atoms with Gasteiger partial charge in [0.1, 0.15) is 5.78 Å². The molecule has 0 aromatic rings. The number of carbonyl (C=O) groups excluding carboxylic acids is 2. The fourth-order valence-electron chi connectivity index (χ4n) is 1.27. The normalized spacial score (nSPS) is 12.6. The molecule has 0 rings (SSSR count). The molecule has 0 radical (unpaired) electrons. The Labute approximate surface area is 110 Å². The van der Waals surface area contributed by atoms with Crippen LogP contribution in [0.3, 0.4) is 0 Å². The Kier molecular flexibility index (Phi) is 6.67. The van der Waals surface area contributed by atoms with Crippen molar-refractivity contribution in [3.05, 3.63) is 0 Å². The van der Waals surface area contributed by atoms with Gasteiger partial charge in [-0.2, -0.15) is 5.48 Å². The molecule has 0 spiro atoms. The molecule has 0 unspecified atom stereocenters. The monoisotopic (exact) mass is 258 g/mol. The van der Waals surface area contributed by atoms with E-state index >= 15 is 0 Å². The van der Waals surface area contributed by atoms with Gasteiger partial charge >= 0.3 is 0 Å². The molecule has 5 heteroatoms. The standard InChI is InChI=1S/C13H26N2O3/c1-7-11(17)13(5,6)15-18-9-8-14-12(3,4)10(2)16/h14-15H,7-9H2,1-6H3. The van der Waals surface area contributed by atoms with E-state index in [4.69, 9.17) is 4.84 Å². The Morgan fingerprint density at radius 2 is 1.67 bits per heavy atom. The van der Waals surface area contributed by atoms with E-state index < -0.39 is 11.1 Å². The molecule has 0 aliphatic rings. The Morgan fingerprint density at radius 1 is 1.11 bits per heavy atom. The second-order valence-corrected chi connectivity index (χ2v) is 5.46. The summed E-state index contributed by atoms with van der Waals surface area (Å²) < 4.78 is 0. The Balaban J connectivity index is 3.88. The summed E-state index contributed by atoms with van der Waals surface area (Å²) in [6.07, 6.45) is 0.471. The summed E-state index contributed by atoms with van der Waals surface area (Å²) in [6.45, 7) is 11.5. The summed E-state index contributed by atoms with van der Waals surface area (Å²) in [7, 11) is 0. The maximum Gasteiger partial charge on any atom is 0.154 e. The highest BCUT2D eigenvalue weighted by Gasteiger charge is 2.26. The average molecular weight is 258 g/mol. The minimum atomic E-state index is -0.676. The van der Waals surface area contributed by atoms with Gasteiger partial charge in [-0.05, 0) is 34.6 Å². The van der Waals surface area contributed by atoms with E-state index in [9.17, 15) is 9.59 Å². The van der Waals surface area contributed by atoms with Crippen LogP contribution in [0.2, 0.25) is 0 Å². The molecule has 0 aliphatic heterocycles. The van der Waals surface area contributed by atoms with E-state index in [-0.39, 0.29) is 11.6 Å². The summed E-state index contributed by atoms with van der Waals surface area (Å²) in [5.74, 6) is 0.177. The second-order valence-electron chi connectivity index (χ2n) is 5.46. The van der Waals surface area contributed by atoms with Crippen LogP contribution in [0, 0.1) is 0 Å². The lowest BCUT2D eigenvalue weighted by atomic mass is 9.99. The maximum atomic E-state index is 11.5. The van der Waals surface area contributed by atoms with Gasteiger partial charge in [0.25, 0.3) is 0 Å². The minimum absolute atomic E-state index is 0.0805. The van der Waals surface area contributed by atoms with E-state index in [2.05, 4.69) is 10.8 Å². The van der Waals surface area contributed by atoms with E-state index in [1.54, 1.807) is 20.8 Å². The van der Waals surface area contributed by atoms with Crippen LogP contribution >= 0.6 is 0 Å². The first-order chi connectivity index (χ1) is 8.13. The van der Waals surface area contributed by atoms with Crippen molar-refractivity contribution in [1.29, 1.82) is 0 Å². The molecule has 2 N–H and O–H groups in total. The predicted molar refractivity (Wildman–Crippen MR) is 71.2 cm³/mol. The topological polar surface area (TPSA) is 67.4 Å². The third-order valence-electron chi connectivity index (χ3n) is 3.00. The van der Waals surface area contributed by atoms with Gasteiger partial charge in [-0.15, -0.1) is 0 Å². The van der Waals surface area contributed by atoms with Gasteiger partial charge in [-0.25, -0.2) is 0 Å². The number of ketones is 2. The van der Waals surface area contributed by atoms with Gasteiger partial charge in [0.2, 0.25) is 0 Å². The first-order valence-electron chi connectivity index (χ1n) is 6.32. The van der Waals surface area contributed by atoms with Crippen LogP contribution in [0.15, 0.2) is 0 Å². The Bertz CT molecular complexity index is 299. The third-order valence-corrected chi connectivity index (χ3v) is 3.00. The average Bonchev–Trinajstić information content (AvgIpc) is 2.26. The molecule has 0 bridgehead atoms. The van der Waals surface area contributed by atoms with Gasteiger partial charge in [-0.1, -0.05) is 6.92 Å². The summed E-state index contributed by atoms with van der Waals surface area (Å²) in [6, 6.07) is 0. The fourth-order valence-corrected chi connectivity index (χ4v) is 1.27. The van der Waals surface area contributed by atoms with Crippen molar-refractivity contribution >= 4 is 11.6 Å². The first kappa shape index (κ1) is 17.2. The number of carbonyl (C=O) groups is 2. The summed E-state index contributed by atoms with van der Waals surface area (Å²) in [4.78, 5) is 28.0. The highest BCUT2D eigenvalue weighted by molar-refractivity contribution is 5.87.